The van der Waals surface area contributed by atoms with E-state index in [1.165, 1.54) is 16.2 Å². The number of nitrogens with one attached hydrogen (secondary N) is 1. The molecule has 30 heavy (non-hydrogen) atoms. The van der Waals surface area contributed by atoms with Crippen molar-refractivity contribution in [3.63, 3.8) is 0 Å². The molecule has 0 aromatic carbocycles. The van der Waals surface area contributed by atoms with Crippen molar-refractivity contribution in [2.45, 2.75) is 71.4 Å². The van der Waals surface area contributed by atoms with Gasteiger partial charge >= 0.3 is 5.97 Å². The Morgan fingerprint density at radius 2 is 1.90 bits per heavy atom. The molecule has 1 aliphatic carbocycles. The normalized spacial score (nSPS) is 18.4. The Morgan fingerprint density at radius 1 is 1.23 bits per heavy atom. The van der Waals surface area contributed by atoms with Crippen molar-refractivity contribution in [2.75, 3.05) is 32.1 Å². The summed E-state index contributed by atoms with van der Waals surface area (Å²) in [5.74, 6) is -0.363. The van der Waals surface area contributed by atoms with E-state index in [9.17, 15) is 14.4 Å². The number of likely N-dealkylation sites (tertiary alicyclic amines) is 1. The first-order valence-electron chi connectivity index (χ1n) is 10.9. The second-order valence-electron chi connectivity index (χ2n) is 8.20. The molecule has 1 aromatic rings. The van der Waals surface area contributed by atoms with Crippen LogP contribution in [0.5, 0.6) is 0 Å². The van der Waals surface area contributed by atoms with Crippen molar-refractivity contribution < 1.29 is 19.1 Å². The summed E-state index contributed by atoms with van der Waals surface area (Å²) in [6.45, 7) is 7.14. The first kappa shape index (κ1) is 22.7. The minimum absolute atomic E-state index is 0.0763. The number of anilines is 1. The van der Waals surface area contributed by atoms with Gasteiger partial charge in [-0.05, 0) is 57.9 Å². The van der Waals surface area contributed by atoms with Gasteiger partial charge in [0.2, 0.25) is 11.8 Å². The number of hydrogen-bond acceptors (Lipinski definition) is 6. The number of carbonyl (C=O) groups is 3. The van der Waals surface area contributed by atoms with E-state index < -0.39 is 0 Å². The van der Waals surface area contributed by atoms with Crippen molar-refractivity contribution in [2.24, 2.45) is 0 Å². The lowest BCUT2D eigenvalue weighted by Gasteiger charge is -2.38. The number of aryl methyl sites for hydroxylation is 1. The average molecular weight is 436 g/mol. The van der Waals surface area contributed by atoms with E-state index in [2.05, 4.69) is 10.2 Å². The highest BCUT2D eigenvalue weighted by atomic mass is 32.1. The Morgan fingerprint density at radius 3 is 2.53 bits per heavy atom. The SMILES string of the molecule is CCOC(=O)c1c(NC(=O)C(C)N2CCC(N(C)C(C)=O)CC2)sc2c1CCCC2. The lowest BCUT2D eigenvalue weighted by molar-refractivity contribution is -0.131. The summed E-state index contributed by atoms with van der Waals surface area (Å²) < 4.78 is 5.28. The van der Waals surface area contributed by atoms with Crippen LogP contribution < -0.4 is 5.32 Å². The first-order chi connectivity index (χ1) is 14.3. The van der Waals surface area contributed by atoms with E-state index in [0.717, 1.165) is 57.2 Å². The summed E-state index contributed by atoms with van der Waals surface area (Å²) in [6, 6.07) is -0.0730. The maximum absolute atomic E-state index is 13.0. The molecule has 1 N–H and O–H groups in total. The smallest absolute Gasteiger partial charge is 0.341 e. The molecular formula is C22H33N3O4S. The molecule has 3 rings (SSSR count). The molecule has 1 fully saturated rings. The second kappa shape index (κ2) is 9.92. The third-order valence-electron chi connectivity index (χ3n) is 6.36. The summed E-state index contributed by atoms with van der Waals surface area (Å²) in [6.07, 6.45) is 5.70. The van der Waals surface area contributed by atoms with Crippen molar-refractivity contribution in [1.82, 2.24) is 9.80 Å². The number of hydrogen-bond donors (Lipinski definition) is 1. The van der Waals surface area contributed by atoms with Crippen LogP contribution in [0.25, 0.3) is 0 Å². The molecule has 0 saturated carbocycles. The van der Waals surface area contributed by atoms with Crippen LogP contribution in [-0.2, 0) is 27.2 Å². The summed E-state index contributed by atoms with van der Waals surface area (Å²) in [7, 11) is 1.84. The van der Waals surface area contributed by atoms with Crippen LogP contribution in [0.4, 0.5) is 5.00 Å². The molecule has 2 amide bonds. The van der Waals surface area contributed by atoms with Crippen molar-refractivity contribution >= 4 is 34.1 Å². The van der Waals surface area contributed by atoms with Crippen LogP contribution in [0.15, 0.2) is 0 Å². The monoisotopic (exact) mass is 435 g/mol. The zero-order valence-electron chi connectivity index (χ0n) is 18.5. The number of nitrogens with zero attached hydrogens (tertiary/aromatic N) is 2. The minimum Gasteiger partial charge on any atom is -0.462 e. The first-order valence-corrected chi connectivity index (χ1v) is 11.7. The van der Waals surface area contributed by atoms with Gasteiger partial charge in [-0.25, -0.2) is 4.79 Å². The molecule has 1 unspecified atom stereocenters. The molecule has 166 valence electrons. The zero-order valence-corrected chi connectivity index (χ0v) is 19.3. The van der Waals surface area contributed by atoms with E-state index in [4.69, 9.17) is 4.74 Å². The third-order valence-corrected chi connectivity index (χ3v) is 7.57. The highest BCUT2D eigenvalue weighted by molar-refractivity contribution is 7.17. The van der Waals surface area contributed by atoms with Crippen LogP contribution in [-0.4, -0.2) is 66.4 Å². The molecule has 0 radical (unpaired) electrons. The highest BCUT2D eigenvalue weighted by Crippen LogP contribution is 2.38. The van der Waals surface area contributed by atoms with Crippen LogP contribution in [0, 0.1) is 0 Å². The number of esters is 1. The van der Waals surface area contributed by atoms with Gasteiger partial charge in [0.15, 0.2) is 0 Å². The highest BCUT2D eigenvalue weighted by Gasteiger charge is 2.31. The molecule has 1 atom stereocenters. The summed E-state index contributed by atoms with van der Waals surface area (Å²) in [4.78, 5) is 42.4. The lowest BCUT2D eigenvalue weighted by atomic mass is 9.95. The van der Waals surface area contributed by atoms with Gasteiger partial charge in [-0.1, -0.05) is 0 Å². The number of thiophene rings is 1. The summed E-state index contributed by atoms with van der Waals surface area (Å²) in [5, 5.41) is 3.66. The van der Waals surface area contributed by atoms with Crippen LogP contribution >= 0.6 is 11.3 Å². The average Bonchev–Trinajstić information content (AvgIpc) is 3.10. The minimum atomic E-state index is -0.340. The fourth-order valence-corrected chi connectivity index (χ4v) is 5.65. The maximum Gasteiger partial charge on any atom is 0.341 e. The van der Waals surface area contributed by atoms with Gasteiger partial charge in [-0.15, -0.1) is 11.3 Å². The van der Waals surface area contributed by atoms with E-state index in [1.807, 2.05) is 14.0 Å². The van der Waals surface area contributed by atoms with Gasteiger partial charge in [0.25, 0.3) is 0 Å². The topological polar surface area (TPSA) is 79.0 Å². The summed E-state index contributed by atoms with van der Waals surface area (Å²) >= 11 is 1.52. The molecule has 8 heteroatoms. The van der Waals surface area contributed by atoms with Gasteiger partial charge in [0.05, 0.1) is 18.2 Å². The van der Waals surface area contributed by atoms with Crippen molar-refractivity contribution in [1.29, 1.82) is 0 Å². The predicted molar refractivity (Wildman–Crippen MR) is 118 cm³/mol. The molecule has 7 nitrogen and oxygen atoms in total. The molecule has 0 spiro atoms. The van der Waals surface area contributed by atoms with Crippen molar-refractivity contribution in [3.8, 4) is 0 Å². The van der Waals surface area contributed by atoms with Gasteiger partial charge in [-0.3, -0.25) is 14.5 Å². The van der Waals surface area contributed by atoms with E-state index in [1.54, 1.807) is 18.7 Å². The molecule has 1 aromatic heterocycles. The Hall–Kier alpha value is -1.93. The van der Waals surface area contributed by atoms with Gasteiger partial charge in [0, 0.05) is 38.0 Å². The zero-order chi connectivity index (χ0) is 21.8. The van der Waals surface area contributed by atoms with Gasteiger partial charge in [0.1, 0.15) is 5.00 Å². The van der Waals surface area contributed by atoms with E-state index in [-0.39, 0.29) is 29.9 Å². The molecular weight excluding hydrogens is 402 g/mol. The van der Waals surface area contributed by atoms with Crippen molar-refractivity contribution in [3.05, 3.63) is 16.0 Å². The number of amides is 2. The molecule has 0 bridgehead atoms. The Balaban J connectivity index is 1.68. The van der Waals surface area contributed by atoms with Crippen LogP contribution in [0.2, 0.25) is 0 Å². The molecule has 1 saturated heterocycles. The maximum atomic E-state index is 13.0. The third kappa shape index (κ3) is 4.86. The molecule has 2 aliphatic rings. The Kier molecular flexibility index (Phi) is 7.52. The predicted octanol–water partition coefficient (Wildman–Crippen LogP) is 3.07. The van der Waals surface area contributed by atoms with Gasteiger partial charge < -0.3 is 15.0 Å². The number of carbonyl (C=O) groups excluding carboxylic acids is 3. The quantitative estimate of drug-likeness (QED) is 0.695. The van der Waals surface area contributed by atoms with Gasteiger partial charge in [-0.2, -0.15) is 0 Å². The number of ether oxygens (including phenoxy) is 1. The Bertz CT molecular complexity index is 799. The molecule has 2 heterocycles. The van der Waals surface area contributed by atoms with Crippen LogP contribution in [0.3, 0.4) is 0 Å². The van der Waals surface area contributed by atoms with E-state index >= 15 is 0 Å². The standard InChI is InChI=1S/C22H33N3O4S/c1-5-29-22(28)19-17-8-6-7-9-18(17)30-21(19)23-20(27)14(2)25-12-10-16(11-13-25)24(4)15(3)26/h14,16H,5-13H2,1-4H3,(H,23,27). The number of piperidine rings is 1. The largest absolute Gasteiger partial charge is 0.462 e. The lowest BCUT2D eigenvalue weighted by Crippen LogP contribution is -2.50. The Labute approximate surface area is 182 Å². The van der Waals surface area contributed by atoms with Crippen LogP contribution in [0.1, 0.15) is 67.3 Å². The fourth-order valence-electron chi connectivity index (χ4n) is 4.37. The van der Waals surface area contributed by atoms with E-state index in [0.29, 0.717) is 17.2 Å². The fraction of sp³-hybridized carbons (Fsp3) is 0.682. The summed E-state index contributed by atoms with van der Waals surface area (Å²) in [5.41, 5.74) is 1.61. The molecule has 1 aliphatic heterocycles. The number of rotatable bonds is 6. The number of fused-ring (bicyclic) bond motifs is 1. The second-order valence-corrected chi connectivity index (χ2v) is 9.30.